The van der Waals surface area contributed by atoms with Gasteiger partial charge in [-0.25, -0.2) is 0 Å². The molecule has 0 aliphatic rings. The summed E-state index contributed by atoms with van der Waals surface area (Å²) in [6.45, 7) is 5.57. The van der Waals surface area contributed by atoms with E-state index in [0.717, 1.165) is 0 Å². The van der Waals surface area contributed by atoms with Gasteiger partial charge >= 0.3 is 0 Å². The molecular weight excluding hydrogens is 276 g/mol. The fraction of sp³-hybridized carbons (Fsp3) is 0.368. The number of aliphatic hydroxyl groups is 2. The van der Waals surface area contributed by atoms with Crippen LogP contribution in [0.3, 0.4) is 0 Å². The van der Waals surface area contributed by atoms with Gasteiger partial charge in [-0.2, -0.15) is 0 Å². The number of hydrogen-bond donors (Lipinski definition) is 2. The lowest BCUT2D eigenvalue weighted by molar-refractivity contribution is 0.00586. The van der Waals surface area contributed by atoms with E-state index in [4.69, 9.17) is 14.9 Å². The Morgan fingerprint density at radius 1 is 0.773 bits per heavy atom. The van der Waals surface area contributed by atoms with Gasteiger partial charge in [0.05, 0.1) is 24.9 Å². The van der Waals surface area contributed by atoms with E-state index in [1.165, 1.54) is 18.1 Å². The third-order valence-electron chi connectivity index (χ3n) is 3.21. The van der Waals surface area contributed by atoms with Crippen molar-refractivity contribution in [2.24, 2.45) is 0 Å². The Morgan fingerprint density at radius 3 is 1.36 bits per heavy atom. The summed E-state index contributed by atoms with van der Waals surface area (Å²) in [6.07, 6.45) is -0.326. The van der Waals surface area contributed by atoms with E-state index in [2.05, 4.69) is 38.1 Å². The zero-order valence-electron chi connectivity index (χ0n) is 13.5. The van der Waals surface area contributed by atoms with E-state index in [0.29, 0.717) is 0 Å². The second-order valence-electron chi connectivity index (χ2n) is 5.27. The number of benzene rings is 2. The van der Waals surface area contributed by atoms with Gasteiger partial charge in [0.2, 0.25) is 0 Å². The lowest BCUT2D eigenvalue weighted by atomic mass is 10.1. The summed E-state index contributed by atoms with van der Waals surface area (Å²) in [5, 5.41) is 16.0. The van der Waals surface area contributed by atoms with Gasteiger partial charge in [-0.3, -0.25) is 0 Å². The average molecular weight is 302 g/mol. The molecule has 0 heterocycles. The van der Waals surface area contributed by atoms with Crippen molar-refractivity contribution >= 4 is 0 Å². The molecule has 2 aromatic rings. The highest BCUT2D eigenvalue weighted by Crippen LogP contribution is 2.25. The molecule has 120 valence electrons. The first kappa shape index (κ1) is 18.4. The van der Waals surface area contributed by atoms with Gasteiger partial charge < -0.3 is 14.9 Å². The zero-order chi connectivity index (χ0) is 16.4. The smallest absolute Gasteiger partial charge is 0.0805 e. The van der Waals surface area contributed by atoms with Crippen LogP contribution in [0.2, 0.25) is 0 Å². The summed E-state index contributed by atoms with van der Waals surface area (Å²) < 4.78 is 6.02. The van der Waals surface area contributed by atoms with Crippen LogP contribution in [0.1, 0.15) is 44.1 Å². The lowest BCUT2D eigenvalue weighted by Gasteiger charge is -2.19. The number of rotatable bonds is 5. The minimum absolute atomic E-state index is 0.117. The third-order valence-corrected chi connectivity index (χ3v) is 3.21. The molecule has 0 aliphatic carbocycles. The molecule has 0 amide bonds. The Bertz CT molecular complexity index is 453. The molecule has 0 aliphatic heterocycles. The SMILES string of the molecule is CC(O)CO.CC(OC(C)c1ccccc1)c1ccccc1. The molecule has 2 N–H and O–H groups in total. The van der Waals surface area contributed by atoms with Gasteiger partial charge in [0.1, 0.15) is 0 Å². The molecule has 0 bridgehead atoms. The summed E-state index contributed by atoms with van der Waals surface area (Å²) >= 11 is 0. The third kappa shape index (κ3) is 6.85. The first-order valence-electron chi connectivity index (χ1n) is 7.58. The van der Waals surface area contributed by atoms with E-state index in [1.807, 2.05) is 36.4 Å². The van der Waals surface area contributed by atoms with Gasteiger partial charge in [0.25, 0.3) is 0 Å². The van der Waals surface area contributed by atoms with Gasteiger partial charge in [0.15, 0.2) is 0 Å². The quantitative estimate of drug-likeness (QED) is 0.881. The highest BCUT2D eigenvalue weighted by molar-refractivity contribution is 5.19. The van der Waals surface area contributed by atoms with Gasteiger partial charge in [-0.1, -0.05) is 60.7 Å². The molecule has 0 fully saturated rings. The van der Waals surface area contributed by atoms with E-state index in [9.17, 15) is 0 Å². The standard InChI is InChI=1S/C16H18O.C3H8O2/c1-13(15-9-5-3-6-10-15)17-14(2)16-11-7-4-8-12-16;1-3(5)2-4/h3-14H,1-2H3;3-5H,2H2,1H3. The molecule has 3 nitrogen and oxygen atoms in total. The molecule has 0 radical (unpaired) electrons. The van der Waals surface area contributed by atoms with Crippen molar-refractivity contribution in [3.05, 3.63) is 71.8 Å². The molecule has 3 heteroatoms. The van der Waals surface area contributed by atoms with Crippen molar-refractivity contribution in [1.29, 1.82) is 0 Å². The zero-order valence-corrected chi connectivity index (χ0v) is 13.5. The first-order valence-corrected chi connectivity index (χ1v) is 7.58. The highest BCUT2D eigenvalue weighted by Gasteiger charge is 2.11. The van der Waals surface area contributed by atoms with Crippen LogP contribution in [0.25, 0.3) is 0 Å². The minimum Gasteiger partial charge on any atom is -0.394 e. The van der Waals surface area contributed by atoms with Crippen LogP contribution in [0.15, 0.2) is 60.7 Å². The Labute approximate surface area is 133 Å². The maximum absolute atomic E-state index is 8.11. The molecule has 0 spiro atoms. The summed E-state index contributed by atoms with van der Waals surface area (Å²) in [6, 6.07) is 20.6. The Morgan fingerprint density at radius 2 is 1.09 bits per heavy atom. The summed E-state index contributed by atoms with van der Waals surface area (Å²) in [7, 11) is 0. The van der Waals surface area contributed by atoms with Crippen LogP contribution < -0.4 is 0 Å². The molecule has 0 saturated carbocycles. The Kier molecular flexibility index (Phi) is 8.44. The van der Waals surface area contributed by atoms with Crippen molar-refractivity contribution in [3.63, 3.8) is 0 Å². The predicted octanol–water partition coefficient (Wildman–Crippen LogP) is 3.88. The first-order chi connectivity index (χ1) is 10.5. The van der Waals surface area contributed by atoms with Crippen LogP contribution in [-0.2, 0) is 4.74 Å². The molecule has 2 rings (SSSR count). The van der Waals surface area contributed by atoms with E-state index in [-0.39, 0.29) is 18.8 Å². The highest BCUT2D eigenvalue weighted by atomic mass is 16.5. The van der Waals surface area contributed by atoms with Crippen LogP contribution in [-0.4, -0.2) is 22.9 Å². The average Bonchev–Trinajstić information content (AvgIpc) is 2.57. The van der Waals surface area contributed by atoms with Crippen LogP contribution in [0.5, 0.6) is 0 Å². The topological polar surface area (TPSA) is 49.7 Å². The molecule has 22 heavy (non-hydrogen) atoms. The monoisotopic (exact) mass is 302 g/mol. The van der Waals surface area contributed by atoms with Crippen molar-refractivity contribution in [1.82, 2.24) is 0 Å². The van der Waals surface area contributed by atoms with Crippen LogP contribution in [0, 0.1) is 0 Å². The Hall–Kier alpha value is -1.68. The number of ether oxygens (including phenoxy) is 1. The largest absolute Gasteiger partial charge is 0.394 e. The predicted molar refractivity (Wildman–Crippen MR) is 89.6 cm³/mol. The molecule has 3 unspecified atom stereocenters. The van der Waals surface area contributed by atoms with Crippen molar-refractivity contribution in [2.75, 3.05) is 6.61 Å². The molecule has 3 atom stereocenters. The van der Waals surface area contributed by atoms with E-state index < -0.39 is 6.10 Å². The summed E-state index contributed by atoms with van der Waals surface area (Å²) in [5.41, 5.74) is 2.44. The van der Waals surface area contributed by atoms with Gasteiger partial charge in [-0.05, 0) is 31.9 Å². The fourth-order valence-electron chi connectivity index (χ4n) is 1.91. The maximum Gasteiger partial charge on any atom is 0.0805 e. The molecule has 0 saturated heterocycles. The second-order valence-corrected chi connectivity index (χ2v) is 5.27. The Balaban J connectivity index is 0.000000422. The summed E-state index contributed by atoms with van der Waals surface area (Å²) in [5.74, 6) is 0. The fourth-order valence-corrected chi connectivity index (χ4v) is 1.91. The molecule has 2 aromatic carbocycles. The van der Waals surface area contributed by atoms with Crippen molar-refractivity contribution < 1.29 is 14.9 Å². The molecular formula is C19H26O3. The molecule has 0 aromatic heterocycles. The van der Waals surface area contributed by atoms with Gasteiger partial charge in [0, 0.05) is 0 Å². The minimum atomic E-state index is -0.560. The normalized spacial score (nSPS) is 14.4. The van der Waals surface area contributed by atoms with Crippen LogP contribution in [0.4, 0.5) is 0 Å². The van der Waals surface area contributed by atoms with E-state index in [1.54, 1.807) is 0 Å². The van der Waals surface area contributed by atoms with E-state index >= 15 is 0 Å². The second kappa shape index (κ2) is 10.1. The van der Waals surface area contributed by atoms with Crippen molar-refractivity contribution in [3.8, 4) is 0 Å². The van der Waals surface area contributed by atoms with Crippen molar-refractivity contribution in [2.45, 2.75) is 39.1 Å². The summed E-state index contributed by atoms with van der Waals surface area (Å²) in [4.78, 5) is 0. The number of aliphatic hydroxyl groups excluding tert-OH is 2. The lowest BCUT2D eigenvalue weighted by Crippen LogP contribution is -2.04. The van der Waals surface area contributed by atoms with Crippen LogP contribution >= 0.6 is 0 Å². The maximum atomic E-state index is 8.11. The van der Waals surface area contributed by atoms with Gasteiger partial charge in [-0.15, -0.1) is 0 Å². The number of hydrogen-bond acceptors (Lipinski definition) is 3.